The van der Waals surface area contributed by atoms with Gasteiger partial charge in [0, 0.05) is 11.9 Å². The van der Waals surface area contributed by atoms with E-state index in [0.29, 0.717) is 17.0 Å². The van der Waals surface area contributed by atoms with Crippen LogP contribution in [0.5, 0.6) is 5.75 Å². The van der Waals surface area contributed by atoms with Gasteiger partial charge in [0.05, 0.1) is 12.5 Å². The molecule has 140 valence electrons. The minimum atomic E-state index is -0.248. The number of nitrogens with one attached hydrogen (secondary N) is 2. The zero-order chi connectivity index (χ0) is 19.7. The molecule has 28 heavy (non-hydrogen) atoms. The summed E-state index contributed by atoms with van der Waals surface area (Å²) in [5.41, 5.74) is 4.98. The summed E-state index contributed by atoms with van der Waals surface area (Å²) in [5, 5.41) is 3.60. The SMILES string of the molecule is COc1cccc(-c2ccnc3nc(Nc4ccc(C)c(C)c4)[nH]c(=O)c23)c1. The maximum Gasteiger partial charge on any atom is 0.262 e. The molecule has 4 rings (SSSR count). The lowest BCUT2D eigenvalue weighted by atomic mass is 10.0. The third-order valence-electron chi connectivity index (χ3n) is 4.76. The highest BCUT2D eigenvalue weighted by molar-refractivity contribution is 5.92. The van der Waals surface area contributed by atoms with Crippen molar-refractivity contribution < 1.29 is 4.74 Å². The summed E-state index contributed by atoms with van der Waals surface area (Å²) < 4.78 is 5.29. The number of methoxy groups -OCH3 is 1. The van der Waals surface area contributed by atoms with E-state index in [2.05, 4.69) is 27.2 Å². The summed E-state index contributed by atoms with van der Waals surface area (Å²) in [6.45, 7) is 4.10. The van der Waals surface area contributed by atoms with Crippen LogP contribution in [0, 0.1) is 13.8 Å². The molecule has 0 aliphatic rings. The summed E-state index contributed by atoms with van der Waals surface area (Å²) in [7, 11) is 1.61. The first kappa shape index (κ1) is 17.7. The predicted molar refractivity (Wildman–Crippen MR) is 111 cm³/mol. The minimum absolute atomic E-state index is 0.248. The summed E-state index contributed by atoms with van der Waals surface area (Å²) in [4.78, 5) is 24.5. The predicted octanol–water partition coefficient (Wildman–Crippen LogP) is 4.35. The third-order valence-corrected chi connectivity index (χ3v) is 4.76. The van der Waals surface area contributed by atoms with Crippen LogP contribution < -0.4 is 15.6 Å². The van der Waals surface area contributed by atoms with Crippen molar-refractivity contribution in [2.24, 2.45) is 0 Å². The quantitative estimate of drug-likeness (QED) is 0.557. The highest BCUT2D eigenvalue weighted by atomic mass is 16.5. The standard InChI is InChI=1S/C22H20N4O2/c1-13-7-8-16(11-14(13)2)24-22-25-20-19(21(27)26-22)18(9-10-23-20)15-5-4-6-17(12-15)28-3/h4-12H,1-3H3,(H2,23,24,25,26,27). The van der Waals surface area contributed by atoms with E-state index in [-0.39, 0.29) is 5.56 Å². The van der Waals surface area contributed by atoms with Gasteiger partial charge in [-0.15, -0.1) is 0 Å². The third kappa shape index (κ3) is 3.32. The Bertz CT molecular complexity index is 1230. The van der Waals surface area contributed by atoms with Crippen LogP contribution in [0.2, 0.25) is 0 Å². The number of hydrogen-bond acceptors (Lipinski definition) is 5. The van der Waals surface area contributed by atoms with Gasteiger partial charge in [-0.05, 0) is 66.4 Å². The van der Waals surface area contributed by atoms with E-state index in [0.717, 1.165) is 28.1 Å². The van der Waals surface area contributed by atoms with Crippen LogP contribution >= 0.6 is 0 Å². The molecule has 2 heterocycles. The number of aromatic nitrogens is 3. The number of pyridine rings is 1. The highest BCUT2D eigenvalue weighted by Gasteiger charge is 2.12. The van der Waals surface area contributed by atoms with Crippen LogP contribution in [-0.4, -0.2) is 22.1 Å². The molecule has 0 atom stereocenters. The van der Waals surface area contributed by atoms with Gasteiger partial charge in [-0.2, -0.15) is 4.98 Å². The number of rotatable bonds is 4. The molecular weight excluding hydrogens is 352 g/mol. The molecular formula is C22H20N4O2. The second-order valence-corrected chi connectivity index (χ2v) is 6.63. The van der Waals surface area contributed by atoms with Crippen molar-refractivity contribution >= 4 is 22.7 Å². The van der Waals surface area contributed by atoms with Crippen molar-refractivity contribution in [2.45, 2.75) is 13.8 Å². The van der Waals surface area contributed by atoms with E-state index < -0.39 is 0 Å². The van der Waals surface area contributed by atoms with Crippen molar-refractivity contribution in [1.82, 2.24) is 15.0 Å². The van der Waals surface area contributed by atoms with Crippen LogP contribution in [-0.2, 0) is 0 Å². The second-order valence-electron chi connectivity index (χ2n) is 6.63. The first-order valence-electron chi connectivity index (χ1n) is 8.93. The van der Waals surface area contributed by atoms with Crippen LogP contribution in [0.25, 0.3) is 22.2 Å². The maximum absolute atomic E-state index is 12.9. The maximum atomic E-state index is 12.9. The van der Waals surface area contributed by atoms with Gasteiger partial charge in [0.2, 0.25) is 5.95 Å². The topological polar surface area (TPSA) is 79.9 Å². The van der Waals surface area contributed by atoms with Crippen molar-refractivity contribution in [1.29, 1.82) is 0 Å². The van der Waals surface area contributed by atoms with Gasteiger partial charge in [0.15, 0.2) is 5.65 Å². The van der Waals surface area contributed by atoms with E-state index >= 15 is 0 Å². The molecule has 6 heteroatoms. The lowest BCUT2D eigenvalue weighted by Gasteiger charge is -2.10. The van der Waals surface area contributed by atoms with Crippen molar-refractivity contribution in [3.8, 4) is 16.9 Å². The molecule has 0 bridgehead atoms. The van der Waals surface area contributed by atoms with Crippen LogP contribution in [0.15, 0.2) is 59.5 Å². The molecule has 0 radical (unpaired) electrons. The number of aromatic amines is 1. The average molecular weight is 372 g/mol. The Labute approximate surface area is 162 Å². The van der Waals surface area contributed by atoms with Crippen molar-refractivity contribution in [3.63, 3.8) is 0 Å². The Hall–Kier alpha value is -3.67. The highest BCUT2D eigenvalue weighted by Crippen LogP contribution is 2.28. The molecule has 0 saturated carbocycles. The minimum Gasteiger partial charge on any atom is -0.497 e. The van der Waals surface area contributed by atoms with Gasteiger partial charge in [-0.1, -0.05) is 18.2 Å². The van der Waals surface area contributed by atoms with E-state index in [1.165, 1.54) is 5.56 Å². The molecule has 2 N–H and O–H groups in total. The van der Waals surface area contributed by atoms with E-state index in [1.807, 2.05) is 55.5 Å². The second kappa shape index (κ2) is 7.15. The molecule has 6 nitrogen and oxygen atoms in total. The lowest BCUT2D eigenvalue weighted by molar-refractivity contribution is 0.415. The Morgan fingerprint density at radius 2 is 1.89 bits per heavy atom. The Kier molecular flexibility index (Phi) is 4.53. The van der Waals surface area contributed by atoms with E-state index in [4.69, 9.17) is 4.74 Å². The van der Waals surface area contributed by atoms with Gasteiger partial charge in [0.1, 0.15) is 5.75 Å². The fraction of sp³-hybridized carbons (Fsp3) is 0.136. The average Bonchev–Trinajstić information content (AvgIpc) is 2.70. The zero-order valence-electron chi connectivity index (χ0n) is 15.9. The fourth-order valence-electron chi connectivity index (χ4n) is 3.11. The molecule has 0 amide bonds. The largest absolute Gasteiger partial charge is 0.497 e. The van der Waals surface area contributed by atoms with Crippen LogP contribution in [0.3, 0.4) is 0 Å². The number of fused-ring (bicyclic) bond motifs is 1. The summed E-state index contributed by atoms with van der Waals surface area (Å²) >= 11 is 0. The Morgan fingerprint density at radius 3 is 2.68 bits per heavy atom. The lowest BCUT2D eigenvalue weighted by Crippen LogP contribution is -2.13. The summed E-state index contributed by atoms with van der Waals surface area (Å²) in [6.07, 6.45) is 1.66. The molecule has 0 aliphatic heterocycles. The van der Waals surface area contributed by atoms with Gasteiger partial charge >= 0.3 is 0 Å². The molecule has 2 aromatic carbocycles. The van der Waals surface area contributed by atoms with E-state index in [9.17, 15) is 4.79 Å². The monoisotopic (exact) mass is 372 g/mol. The first-order chi connectivity index (χ1) is 13.5. The van der Waals surface area contributed by atoms with Crippen LogP contribution in [0.1, 0.15) is 11.1 Å². The van der Waals surface area contributed by atoms with Crippen molar-refractivity contribution in [3.05, 3.63) is 76.2 Å². The Balaban J connectivity index is 1.79. The van der Waals surface area contributed by atoms with Gasteiger partial charge < -0.3 is 10.1 Å². The first-order valence-corrected chi connectivity index (χ1v) is 8.93. The Morgan fingerprint density at radius 1 is 1.04 bits per heavy atom. The summed E-state index contributed by atoms with van der Waals surface area (Å²) in [5.74, 6) is 1.08. The number of H-pyrrole nitrogens is 1. The molecule has 2 aromatic heterocycles. The molecule has 0 aliphatic carbocycles. The number of nitrogens with zero attached hydrogens (tertiary/aromatic N) is 2. The normalized spacial score (nSPS) is 10.8. The van der Waals surface area contributed by atoms with E-state index in [1.54, 1.807) is 13.3 Å². The number of benzene rings is 2. The van der Waals surface area contributed by atoms with Gasteiger partial charge in [-0.25, -0.2) is 4.98 Å². The van der Waals surface area contributed by atoms with Crippen molar-refractivity contribution in [2.75, 3.05) is 12.4 Å². The van der Waals surface area contributed by atoms with Gasteiger partial charge in [0.25, 0.3) is 5.56 Å². The molecule has 0 saturated heterocycles. The molecule has 4 aromatic rings. The molecule has 0 fully saturated rings. The number of anilines is 2. The fourth-order valence-corrected chi connectivity index (χ4v) is 3.11. The number of aryl methyl sites for hydroxylation is 2. The van der Waals surface area contributed by atoms with Gasteiger partial charge in [-0.3, -0.25) is 9.78 Å². The zero-order valence-corrected chi connectivity index (χ0v) is 15.9. The summed E-state index contributed by atoms with van der Waals surface area (Å²) in [6, 6.07) is 15.4. The molecule has 0 spiro atoms. The smallest absolute Gasteiger partial charge is 0.262 e. The number of ether oxygens (including phenoxy) is 1. The number of hydrogen-bond donors (Lipinski definition) is 2. The molecule has 0 unspecified atom stereocenters. The van der Waals surface area contributed by atoms with Crippen LogP contribution in [0.4, 0.5) is 11.6 Å².